The number of methoxy groups -OCH3 is 1. The Labute approximate surface area is 186 Å². The van der Waals surface area contributed by atoms with Crippen LogP contribution in [0, 0.1) is 0 Å². The van der Waals surface area contributed by atoms with Crippen molar-refractivity contribution in [1.29, 1.82) is 0 Å². The third kappa shape index (κ3) is 4.10. The van der Waals surface area contributed by atoms with Crippen molar-refractivity contribution >= 4 is 45.5 Å². The van der Waals surface area contributed by atoms with Gasteiger partial charge in [-0.2, -0.15) is 9.36 Å². The molecule has 2 aromatic carbocycles. The number of alkyl halides is 2. The third-order valence-electron chi connectivity index (χ3n) is 4.44. The summed E-state index contributed by atoms with van der Waals surface area (Å²) in [6, 6.07) is 8.97. The number of ether oxygens (including phenoxy) is 3. The van der Waals surface area contributed by atoms with E-state index in [9.17, 15) is 18.4 Å². The third-order valence-corrected chi connectivity index (χ3v) is 5.07. The van der Waals surface area contributed by atoms with Gasteiger partial charge in [-0.05, 0) is 24.3 Å². The molecule has 3 N–H and O–H groups in total. The largest absolute Gasteiger partial charge is 0.586 e. The minimum absolute atomic E-state index is 0.0315. The van der Waals surface area contributed by atoms with Crippen LogP contribution in [-0.4, -0.2) is 44.5 Å². The molecule has 33 heavy (non-hydrogen) atoms. The fourth-order valence-corrected chi connectivity index (χ4v) is 3.52. The number of anilines is 2. The molecule has 5 rings (SSSR count). The zero-order chi connectivity index (χ0) is 23.2. The molecule has 11 nitrogen and oxygen atoms in total. The molecule has 0 spiro atoms. The lowest BCUT2D eigenvalue weighted by atomic mass is 10.2. The maximum atomic E-state index is 13.2. The van der Waals surface area contributed by atoms with Crippen molar-refractivity contribution in [3.8, 4) is 17.2 Å². The van der Waals surface area contributed by atoms with Gasteiger partial charge in [0.25, 0.3) is 11.8 Å². The molecule has 0 fully saturated rings. The number of rotatable bonds is 5. The van der Waals surface area contributed by atoms with Crippen LogP contribution in [0.4, 0.5) is 19.9 Å². The van der Waals surface area contributed by atoms with Crippen molar-refractivity contribution in [3.63, 3.8) is 0 Å². The van der Waals surface area contributed by atoms with Crippen LogP contribution in [0.15, 0.2) is 36.4 Å². The second-order valence-electron chi connectivity index (χ2n) is 6.63. The van der Waals surface area contributed by atoms with E-state index in [1.54, 1.807) is 24.3 Å². The van der Waals surface area contributed by atoms with Gasteiger partial charge in [-0.15, -0.1) is 8.78 Å². The first kappa shape index (κ1) is 20.6. The minimum atomic E-state index is -3.74. The summed E-state index contributed by atoms with van der Waals surface area (Å²) >= 11 is 0.825. The highest BCUT2D eigenvalue weighted by Gasteiger charge is 2.43. The molecule has 2 amide bonds. The Morgan fingerprint density at radius 2 is 1.79 bits per heavy atom. The summed E-state index contributed by atoms with van der Waals surface area (Å²) < 4.78 is 44.1. The number of carbonyl (C=O) groups is 2. The van der Waals surface area contributed by atoms with Crippen LogP contribution in [0.2, 0.25) is 0 Å². The van der Waals surface area contributed by atoms with Crippen molar-refractivity contribution < 1.29 is 32.6 Å². The molecule has 0 saturated carbocycles. The van der Waals surface area contributed by atoms with E-state index in [2.05, 4.69) is 39.4 Å². The first-order valence-electron chi connectivity index (χ1n) is 9.20. The predicted molar refractivity (Wildman–Crippen MR) is 111 cm³/mol. The van der Waals surface area contributed by atoms with Gasteiger partial charge in [0.15, 0.2) is 11.5 Å². The second kappa shape index (κ2) is 7.67. The van der Waals surface area contributed by atoms with E-state index >= 15 is 0 Å². The Kier molecular flexibility index (Phi) is 4.78. The molecule has 0 unspecified atom stereocenters. The maximum absolute atomic E-state index is 13.2. The van der Waals surface area contributed by atoms with Crippen LogP contribution in [0.5, 0.6) is 17.2 Å². The molecule has 168 valence electrons. The summed E-state index contributed by atoms with van der Waals surface area (Å²) in [7, 11) is 1.52. The fraction of sp³-hybridized carbons (Fsp3) is 0.105. The monoisotopic (exact) mass is 474 g/mol. The van der Waals surface area contributed by atoms with Crippen LogP contribution >= 0.6 is 11.5 Å². The number of imidazole rings is 1. The smallest absolute Gasteiger partial charge is 0.497 e. The van der Waals surface area contributed by atoms with Gasteiger partial charge in [-0.25, -0.2) is 4.98 Å². The number of nitrogens with one attached hydrogen (secondary N) is 3. The predicted octanol–water partition coefficient (Wildman–Crippen LogP) is 3.25. The van der Waals surface area contributed by atoms with Gasteiger partial charge in [0, 0.05) is 29.2 Å². The molecule has 0 saturated heterocycles. The Bertz CT molecular complexity index is 1340. The van der Waals surface area contributed by atoms with E-state index in [1.165, 1.54) is 19.2 Å². The molecular formula is C19H12F2N6O5S. The number of hydrogen-bond donors (Lipinski definition) is 3. The molecule has 0 atom stereocenters. The van der Waals surface area contributed by atoms with Gasteiger partial charge in [0.2, 0.25) is 16.9 Å². The molecule has 1 aliphatic heterocycles. The molecular weight excluding hydrogens is 462 g/mol. The second-order valence-corrected chi connectivity index (χ2v) is 7.38. The number of aromatic nitrogens is 4. The summed E-state index contributed by atoms with van der Waals surface area (Å²) in [6.07, 6.45) is -3.74. The Hall–Kier alpha value is -4.33. The summed E-state index contributed by atoms with van der Waals surface area (Å²) in [5, 5.41) is 5.15. The van der Waals surface area contributed by atoms with Gasteiger partial charge >= 0.3 is 6.29 Å². The molecule has 0 radical (unpaired) electrons. The maximum Gasteiger partial charge on any atom is 0.586 e. The number of halogens is 2. The molecule has 14 heteroatoms. The topological polar surface area (TPSA) is 140 Å². The van der Waals surface area contributed by atoms with Crippen LogP contribution in [0.3, 0.4) is 0 Å². The molecule has 1 aliphatic rings. The Morgan fingerprint density at radius 3 is 2.52 bits per heavy atom. The van der Waals surface area contributed by atoms with E-state index in [0.717, 1.165) is 11.5 Å². The minimum Gasteiger partial charge on any atom is -0.497 e. The normalized spacial score (nSPS) is 13.7. The van der Waals surface area contributed by atoms with Gasteiger partial charge in [-0.1, -0.05) is 0 Å². The van der Waals surface area contributed by atoms with Crippen LogP contribution in [0.1, 0.15) is 21.0 Å². The molecule has 4 aromatic rings. The fourth-order valence-electron chi connectivity index (χ4n) is 2.95. The van der Waals surface area contributed by atoms with Crippen molar-refractivity contribution in [1.82, 2.24) is 19.3 Å². The van der Waals surface area contributed by atoms with E-state index in [0.29, 0.717) is 16.8 Å². The lowest BCUT2D eigenvalue weighted by Crippen LogP contribution is -2.25. The number of nitrogens with zero attached hydrogens (tertiary/aromatic N) is 3. The van der Waals surface area contributed by atoms with E-state index in [4.69, 9.17) is 4.74 Å². The standard InChI is InChI=1S/C19H12F2N6O5S/c1-30-9-4-2-8(3-5-9)15(28)26-18-24-14(27-33-18)16(29)25-17-22-10-6-12-13(7-11(10)23-17)32-19(20,21)31-12/h2-7H,1H3,(H2,22,23,25,29)(H,24,26,27,28). The average molecular weight is 474 g/mol. The van der Waals surface area contributed by atoms with E-state index in [1.807, 2.05) is 0 Å². The van der Waals surface area contributed by atoms with Gasteiger partial charge in [0.05, 0.1) is 18.1 Å². The lowest BCUT2D eigenvalue weighted by Gasteiger charge is -2.04. The van der Waals surface area contributed by atoms with E-state index < -0.39 is 18.1 Å². The molecule has 2 aromatic heterocycles. The Morgan fingerprint density at radius 1 is 1.06 bits per heavy atom. The van der Waals surface area contributed by atoms with Crippen LogP contribution in [0.25, 0.3) is 11.0 Å². The number of aromatic amines is 1. The SMILES string of the molecule is COc1ccc(C(=O)Nc2nc(C(=O)Nc3nc4cc5c(cc4[nH]3)OC(F)(F)O5)ns2)cc1. The van der Waals surface area contributed by atoms with Crippen molar-refractivity contribution in [2.45, 2.75) is 6.29 Å². The number of fused-ring (bicyclic) bond motifs is 2. The quantitative estimate of drug-likeness (QED) is 0.400. The van der Waals surface area contributed by atoms with Crippen molar-refractivity contribution in [3.05, 3.63) is 47.8 Å². The number of amides is 2. The number of hydrogen-bond acceptors (Lipinski definition) is 9. The molecule has 0 aliphatic carbocycles. The summed E-state index contributed by atoms with van der Waals surface area (Å²) in [4.78, 5) is 35.6. The Balaban J connectivity index is 1.26. The highest BCUT2D eigenvalue weighted by atomic mass is 32.1. The first-order valence-corrected chi connectivity index (χ1v) is 9.97. The van der Waals surface area contributed by atoms with Crippen molar-refractivity contribution in [2.24, 2.45) is 0 Å². The number of carbonyl (C=O) groups excluding carboxylic acids is 2. The van der Waals surface area contributed by atoms with Crippen LogP contribution < -0.4 is 24.8 Å². The summed E-state index contributed by atoms with van der Waals surface area (Å²) in [5.74, 6) is -1.01. The zero-order valence-electron chi connectivity index (χ0n) is 16.5. The number of benzene rings is 2. The molecule has 0 bridgehead atoms. The highest BCUT2D eigenvalue weighted by Crippen LogP contribution is 2.42. The van der Waals surface area contributed by atoms with Gasteiger partial charge < -0.3 is 19.2 Å². The lowest BCUT2D eigenvalue weighted by molar-refractivity contribution is -0.286. The molecule has 3 heterocycles. The summed E-state index contributed by atoms with van der Waals surface area (Å²) in [5.41, 5.74) is 0.977. The van der Waals surface area contributed by atoms with Gasteiger partial charge in [-0.3, -0.25) is 20.2 Å². The average Bonchev–Trinajstić information content (AvgIpc) is 3.47. The van der Waals surface area contributed by atoms with Crippen LogP contribution in [-0.2, 0) is 0 Å². The first-order chi connectivity index (χ1) is 15.8. The van der Waals surface area contributed by atoms with E-state index in [-0.39, 0.29) is 33.9 Å². The number of H-pyrrole nitrogens is 1. The zero-order valence-corrected chi connectivity index (χ0v) is 17.3. The summed E-state index contributed by atoms with van der Waals surface area (Å²) in [6.45, 7) is 0. The van der Waals surface area contributed by atoms with Gasteiger partial charge in [0.1, 0.15) is 5.75 Å². The van der Waals surface area contributed by atoms with Crippen molar-refractivity contribution in [2.75, 3.05) is 17.7 Å². The highest BCUT2D eigenvalue weighted by molar-refractivity contribution is 7.10.